The van der Waals surface area contributed by atoms with Gasteiger partial charge in [-0.25, -0.2) is 0 Å². The van der Waals surface area contributed by atoms with E-state index in [1.165, 1.54) is 5.56 Å². The van der Waals surface area contributed by atoms with Gasteiger partial charge in [-0.05, 0) is 49.1 Å². The van der Waals surface area contributed by atoms with E-state index in [-0.39, 0.29) is 0 Å². The molecule has 0 aliphatic rings. The van der Waals surface area contributed by atoms with E-state index in [4.69, 9.17) is 4.74 Å². The molecule has 2 nitrogen and oxygen atoms in total. The fourth-order valence-corrected chi connectivity index (χ4v) is 2.52. The van der Waals surface area contributed by atoms with Gasteiger partial charge in [0.2, 0.25) is 0 Å². The Balaban J connectivity index is 2.09. The third kappa shape index (κ3) is 4.18. The Kier molecular flexibility index (Phi) is 5.57. The normalized spacial score (nSPS) is 12.0. The van der Waals surface area contributed by atoms with Gasteiger partial charge in [0.1, 0.15) is 17.8 Å². The Morgan fingerprint density at radius 2 is 1.90 bits per heavy atom. The van der Waals surface area contributed by atoms with Crippen molar-refractivity contribution >= 4 is 22.2 Å². The fraction of sp³-hybridized carbons (Fsp3) is 0.278. The van der Waals surface area contributed by atoms with Crippen molar-refractivity contribution in [2.24, 2.45) is 0 Å². The van der Waals surface area contributed by atoms with Crippen LogP contribution >= 0.6 is 15.9 Å². The second kappa shape index (κ2) is 7.41. The first-order valence-electron chi connectivity index (χ1n) is 7.08. The van der Waals surface area contributed by atoms with E-state index in [0.717, 1.165) is 34.2 Å². The minimum absolute atomic E-state index is 0.386. The summed E-state index contributed by atoms with van der Waals surface area (Å²) in [5, 5.41) is 0. The van der Waals surface area contributed by atoms with Gasteiger partial charge in [0.15, 0.2) is 0 Å². The van der Waals surface area contributed by atoms with Crippen LogP contribution in [0.2, 0.25) is 0 Å². The molecule has 0 amide bonds. The van der Waals surface area contributed by atoms with Gasteiger partial charge in [0.25, 0.3) is 0 Å². The van der Waals surface area contributed by atoms with E-state index in [9.17, 15) is 4.79 Å². The van der Waals surface area contributed by atoms with Gasteiger partial charge in [0, 0.05) is 16.5 Å². The Bertz CT molecular complexity index is 605. The van der Waals surface area contributed by atoms with E-state index < -0.39 is 0 Å². The molecule has 0 spiro atoms. The van der Waals surface area contributed by atoms with Crippen LogP contribution in [0.3, 0.4) is 0 Å². The smallest absolute Gasteiger partial charge is 0.131 e. The summed E-state index contributed by atoms with van der Waals surface area (Å²) in [6.07, 6.45) is 2.47. The highest BCUT2D eigenvalue weighted by Crippen LogP contribution is 2.30. The van der Waals surface area contributed by atoms with E-state index in [0.29, 0.717) is 12.3 Å². The van der Waals surface area contributed by atoms with Crippen LogP contribution in [0.25, 0.3) is 0 Å². The zero-order chi connectivity index (χ0) is 15.2. The lowest BCUT2D eigenvalue weighted by atomic mass is 9.96. The number of ether oxygens (including phenoxy) is 1. The highest BCUT2D eigenvalue weighted by atomic mass is 79.9. The lowest BCUT2D eigenvalue weighted by Gasteiger charge is -2.13. The van der Waals surface area contributed by atoms with Crippen molar-refractivity contribution in [3.8, 4) is 11.5 Å². The van der Waals surface area contributed by atoms with Crippen molar-refractivity contribution in [2.45, 2.75) is 32.6 Å². The van der Waals surface area contributed by atoms with Crippen LogP contribution in [0.1, 0.15) is 36.8 Å². The summed E-state index contributed by atoms with van der Waals surface area (Å²) in [6.45, 7) is 4.16. The molecule has 0 aliphatic carbocycles. The maximum absolute atomic E-state index is 10.4. The first-order chi connectivity index (χ1) is 10.1. The van der Waals surface area contributed by atoms with Crippen LogP contribution in [0.4, 0.5) is 0 Å². The second-order valence-corrected chi connectivity index (χ2v) is 6.03. The van der Waals surface area contributed by atoms with Gasteiger partial charge in [-0.3, -0.25) is 0 Å². The summed E-state index contributed by atoms with van der Waals surface area (Å²) < 4.78 is 6.96. The average Bonchev–Trinajstić information content (AvgIpc) is 2.50. The number of halogens is 1. The molecule has 110 valence electrons. The number of carbonyl (C=O) groups excluding carboxylic acids is 1. The van der Waals surface area contributed by atoms with Crippen molar-refractivity contribution < 1.29 is 9.53 Å². The Morgan fingerprint density at radius 3 is 2.57 bits per heavy atom. The van der Waals surface area contributed by atoms with Gasteiger partial charge in [-0.2, -0.15) is 0 Å². The molecule has 2 rings (SSSR count). The molecule has 0 fully saturated rings. The largest absolute Gasteiger partial charge is 0.457 e. The number of rotatable bonds is 6. The Labute approximate surface area is 134 Å². The average molecular weight is 347 g/mol. The Morgan fingerprint density at radius 1 is 1.19 bits per heavy atom. The molecular formula is C18H19BrO2. The molecule has 21 heavy (non-hydrogen) atoms. The highest BCUT2D eigenvalue weighted by Gasteiger charge is 2.07. The number of hydrogen-bond donors (Lipinski definition) is 0. The van der Waals surface area contributed by atoms with Crippen molar-refractivity contribution in [3.63, 3.8) is 0 Å². The predicted molar refractivity (Wildman–Crippen MR) is 89.1 cm³/mol. The molecule has 2 aromatic rings. The molecule has 2 aromatic carbocycles. The van der Waals surface area contributed by atoms with Crippen LogP contribution < -0.4 is 4.74 Å². The first kappa shape index (κ1) is 15.8. The zero-order valence-electron chi connectivity index (χ0n) is 12.3. The third-order valence-corrected chi connectivity index (χ3v) is 4.47. The van der Waals surface area contributed by atoms with Crippen molar-refractivity contribution in [1.82, 2.24) is 0 Å². The van der Waals surface area contributed by atoms with Crippen LogP contribution in [0.5, 0.6) is 11.5 Å². The molecule has 1 atom stereocenters. The lowest BCUT2D eigenvalue weighted by Crippen LogP contribution is -1.94. The van der Waals surface area contributed by atoms with Gasteiger partial charge in [-0.1, -0.05) is 41.1 Å². The molecule has 0 unspecified atom stereocenters. The molecule has 3 heteroatoms. The molecule has 0 radical (unpaired) electrons. The van der Waals surface area contributed by atoms with Crippen LogP contribution in [-0.2, 0) is 4.79 Å². The fourth-order valence-electron chi connectivity index (χ4n) is 2.17. The van der Waals surface area contributed by atoms with Crippen molar-refractivity contribution in [2.75, 3.05) is 0 Å². The minimum atomic E-state index is 0.386. The molecule has 0 N–H and O–H groups in total. The van der Waals surface area contributed by atoms with Crippen molar-refractivity contribution in [1.29, 1.82) is 0 Å². The molecule has 0 heterocycles. The van der Waals surface area contributed by atoms with Gasteiger partial charge in [0.05, 0.1) is 0 Å². The molecule has 0 aromatic heterocycles. The number of benzene rings is 2. The van der Waals surface area contributed by atoms with Gasteiger partial charge < -0.3 is 9.53 Å². The number of carbonyl (C=O) groups is 1. The van der Waals surface area contributed by atoms with Crippen molar-refractivity contribution in [3.05, 3.63) is 58.1 Å². The van der Waals surface area contributed by atoms with Crippen LogP contribution in [0, 0.1) is 6.92 Å². The quantitative estimate of drug-likeness (QED) is 0.633. The molecule has 0 saturated heterocycles. The summed E-state index contributed by atoms with van der Waals surface area (Å²) in [7, 11) is 0. The predicted octanol–water partition coefficient (Wildman–Crippen LogP) is 5.63. The van der Waals surface area contributed by atoms with E-state index >= 15 is 0 Å². The first-order valence-corrected chi connectivity index (χ1v) is 7.87. The zero-order valence-corrected chi connectivity index (χ0v) is 13.9. The summed E-state index contributed by atoms with van der Waals surface area (Å²) in [5.41, 5.74) is 2.32. The lowest BCUT2D eigenvalue weighted by molar-refractivity contribution is -0.108. The van der Waals surface area contributed by atoms with E-state index in [1.807, 2.05) is 37.3 Å². The van der Waals surface area contributed by atoms with E-state index in [2.05, 4.69) is 35.0 Å². The summed E-state index contributed by atoms with van der Waals surface area (Å²) in [6, 6.07) is 14.0. The standard InChI is InChI=1S/C18H19BrO2/c1-13(5-4-12-20)15-8-10-16(11-9-15)21-18-7-3-6-17(19)14(18)2/h3,6-13H,4-5H2,1-2H3/t13-/m1/s1. The van der Waals surface area contributed by atoms with Crippen LogP contribution in [0.15, 0.2) is 46.9 Å². The third-order valence-electron chi connectivity index (χ3n) is 3.61. The van der Waals surface area contributed by atoms with Gasteiger partial charge >= 0.3 is 0 Å². The summed E-state index contributed by atoms with van der Waals surface area (Å²) in [4.78, 5) is 10.4. The molecule has 0 aliphatic heterocycles. The highest BCUT2D eigenvalue weighted by molar-refractivity contribution is 9.10. The number of aldehydes is 1. The van der Waals surface area contributed by atoms with Crippen LogP contribution in [-0.4, -0.2) is 6.29 Å². The summed E-state index contributed by atoms with van der Waals surface area (Å²) >= 11 is 3.51. The van der Waals surface area contributed by atoms with E-state index in [1.54, 1.807) is 0 Å². The SMILES string of the molecule is Cc1c(Br)cccc1Oc1ccc([C@H](C)CCC=O)cc1. The van der Waals surface area contributed by atoms with Gasteiger partial charge in [-0.15, -0.1) is 0 Å². The topological polar surface area (TPSA) is 26.3 Å². The summed E-state index contributed by atoms with van der Waals surface area (Å²) in [5.74, 6) is 2.06. The maximum atomic E-state index is 10.4. The molecule has 0 bridgehead atoms. The molecular weight excluding hydrogens is 328 g/mol. The second-order valence-electron chi connectivity index (χ2n) is 5.18. The minimum Gasteiger partial charge on any atom is -0.457 e. The molecule has 0 saturated carbocycles. The maximum Gasteiger partial charge on any atom is 0.131 e. The monoisotopic (exact) mass is 346 g/mol. The number of hydrogen-bond acceptors (Lipinski definition) is 2. The Hall–Kier alpha value is -1.61.